The molecule has 0 saturated heterocycles. The first-order valence-corrected chi connectivity index (χ1v) is 9.13. The molecule has 3 heterocycles. The van der Waals surface area contributed by atoms with Gasteiger partial charge in [0.05, 0.1) is 5.69 Å². The molecule has 3 aromatic heterocycles. The van der Waals surface area contributed by atoms with Crippen molar-refractivity contribution in [2.75, 3.05) is 39.6 Å². The van der Waals surface area contributed by atoms with Crippen molar-refractivity contribution in [1.29, 1.82) is 0 Å². The van der Waals surface area contributed by atoms with Crippen LogP contribution < -0.4 is 10.6 Å². The van der Waals surface area contributed by atoms with Crippen molar-refractivity contribution in [3.63, 3.8) is 0 Å². The van der Waals surface area contributed by atoms with Gasteiger partial charge >= 0.3 is 6.03 Å². The molecule has 0 saturated carbocycles. The van der Waals surface area contributed by atoms with Gasteiger partial charge in [-0.1, -0.05) is 11.2 Å². The average molecular weight is 396 g/mol. The highest BCUT2D eigenvalue weighted by Gasteiger charge is 2.17. The topological polar surface area (TPSA) is 109 Å². The molecular formula is C19H24N8O2. The Labute approximate surface area is 168 Å². The number of amides is 2. The molecule has 0 unspecified atom stereocenters. The molecule has 0 aliphatic heterocycles. The lowest BCUT2D eigenvalue weighted by Gasteiger charge is -2.14. The summed E-state index contributed by atoms with van der Waals surface area (Å²) < 4.78 is 1.64. The van der Waals surface area contributed by atoms with Gasteiger partial charge in [-0.15, -0.1) is 5.10 Å². The van der Waals surface area contributed by atoms with Crippen LogP contribution in [0, 0.1) is 0 Å². The minimum absolute atomic E-state index is 0.196. The number of hydrogen-bond acceptors (Lipinski definition) is 7. The van der Waals surface area contributed by atoms with Gasteiger partial charge in [-0.2, -0.15) is 4.98 Å². The molecule has 3 rings (SSSR count). The number of fused-ring (bicyclic) bond motifs is 1. The number of urea groups is 1. The van der Waals surface area contributed by atoms with E-state index in [0.717, 1.165) is 11.1 Å². The monoisotopic (exact) mass is 396 g/mol. The number of anilines is 1. The summed E-state index contributed by atoms with van der Waals surface area (Å²) in [6, 6.07) is 7.31. The van der Waals surface area contributed by atoms with Gasteiger partial charge in [0.25, 0.3) is 5.95 Å². The van der Waals surface area contributed by atoms with Crippen LogP contribution >= 0.6 is 0 Å². The van der Waals surface area contributed by atoms with E-state index in [2.05, 4.69) is 30.9 Å². The summed E-state index contributed by atoms with van der Waals surface area (Å²) >= 11 is 0. The van der Waals surface area contributed by atoms with E-state index < -0.39 is 0 Å². The number of hydrogen-bond donors (Lipinski definition) is 2. The standard InChI is InChI=1S/C19H24N8O2/c1-5-21-19(28)23-18-22-17-10-14(13-7-6-8-20-11-13)9-16(27(17)24-18)15(25-29-4)12-26(2)3/h6-11H,5,12H2,1-4H3,(H2,21,23,24,28). The maximum atomic E-state index is 11.9. The largest absolute Gasteiger partial charge is 0.399 e. The molecule has 0 spiro atoms. The maximum Gasteiger partial charge on any atom is 0.321 e. The minimum Gasteiger partial charge on any atom is -0.399 e. The van der Waals surface area contributed by atoms with Gasteiger partial charge in [0.15, 0.2) is 5.65 Å². The predicted octanol–water partition coefficient (Wildman–Crippen LogP) is 1.84. The molecule has 2 N–H and O–H groups in total. The molecule has 0 aliphatic rings. The van der Waals surface area contributed by atoms with Gasteiger partial charge in [0.1, 0.15) is 12.8 Å². The normalized spacial score (nSPS) is 11.7. The molecule has 10 nitrogen and oxygen atoms in total. The molecular weight excluding hydrogens is 372 g/mol. The number of nitrogens with zero attached hydrogens (tertiary/aromatic N) is 6. The number of pyridine rings is 2. The summed E-state index contributed by atoms with van der Waals surface area (Å²) in [7, 11) is 5.38. The molecule has 2 amide bonds. The summed E-state index contributed by atoms with van der Waals surface area (Å²) in [6.07, 6.45) is 3.50. The molecule has 0 atom stereocenters. The van der Waals surface area contributed by atoms with Crippen LogP contribution in [0.1, 0.15) is 12.6 Å². The first-order valence-electron chi connectivity index (χ1n) is 9.13. The van der Waals surface area contributed by atoms with E-state index in [1.165, 1.54) is 7.11 Å². The Bertz CT molecular complexity index is 1010. The van der Waals surface area contributed by atoms with Crippen LogP contribution in [0.2, 0.25) is 0 Å². The molecule has 152 valence electrons. The lowest BCUT2D eigenvalue weighted by Crippen LogP contribution is -2.28. The van der Waals surface area contributed by atoms with Gasteiger partial charge < -0.3 is 15.1 Å². The van der Waals surface area contributed by atoms with Crippen molar-refractivity contribution < 1.29 is 9.63 Å². The number of oxime groups is 1. The highest BCUT2D eigenvalue weighted by atomic mass is 16.6. The zero-order valence-electron chi connectivity index (χ0n) is 16.9. The Hall–Kier alpha value is -3.53. The van der Waals surface area contributed by atoms with Gasteiger partial charge in [0.2, 0.25) is 0 Å². The molecule has 0 bridgehead atoms. The summed E-state index contributed by atoms with van der Waals surface area (Å²) in [5.41, 5.74) is 3.77. The van der Waals surface area contributed by atoms with E-state index in [0.29, 0.717) is 30.1 Å². The lowest BCUT2D eigenvalue weighted by molar-refractivity contribution is 0.211. The summed E-state index contributed by atoms with van der Waals surface area (Å²) in [4.78, 5) is 27.6. The van der Waals surface area contributed by atoms with E-state index >= 15 is 0 Å². The van der Waals surface area contributed by atoms with Crippen LogP contribution in [0.4, 0.5) is 10.7 Å². The number of rotatable bonds is 7. The molecule has 0 aliphatic carbocycles. The molecule has 3 aromatic rings. The smallest absolute Gasteiger partial charge is 0.321 e. The van der Waals surface area contributed by atoms with Crippen LogP contribution in [0.5, 0.6) is 0 Å². The van der Waals surface area contributed by atoms with E-state index in [1.807, 2.05) is 50.2 Å². The Morgan fingerprint density at radius 1 is 1.31 bits per heavy atom. The third kappa shape index (κ3) is 4.85. The van der Waals surface area contributed by atoms with E-state index in [-0.39, 0.29) is 12.0 Å². The van der Waals surface area contributed by atoms with Crippen LogP contribution in [0.15, 0.2) is 41.8 Å². The van der Waals surface area contributed by atoms with Gasteiger partial charge in [-0.05, 0) is 44.8 Å². The highest BCUT2D eigenvalue weighted by Crippen LogP contribution is 2.23. The zero-order chi connectivity index (χ0) is 20.8. The van der Waals surface area contributed by atoms with Crippen LogP contribution in [-0.4, -0.2) is 70.5 Å². The fourth-order valence-corrected chi connectivity index (χ4v) is 2.82. The van der Waals surface area contributed by atoms with Crippen molar-refractivity contribution in [2.24, 2.45) is 5.16 Å². The predicted molar refractivity (Wildman–Crippen MR) is 111 cm³/mol. The third-order valence-electron chi connectivity index (χ3n) is 3.96. The van der Waals surface area contributed by atoms with Crippen LogP contribution in [0.25, 0.3) is 16.8 Å². The number of carbonyl (C=O) groups is 1. The maximum absolute atomic E-state index is 11.9. The quantitative estimate of drug-likeness (QED) is 0.466. The number of aromatic nitrogens is 4. The first kappa shape index (κ1) is 20.2. The fraction of sp³-hybridized carbons (Fsp3) is 0.316. The van der Waals surface area contributed by atoms with Crippen molar-refractivity contribution >= 4 is 23.3 Å². The van der Waals surface area contributed by atoms with Gasteiger partial charge in [-0.25, -0.2) is 9.31 Å². The fourth-order valence-electron chi connectivity index (χ4n) is 2.82. The van der Waals surface area contributed by atoms with Crippen LogP contribution in [0.3, 0.4) is 0 Å². The molecule has 0 aromatic carbocycles. The SMILES string of the molecule is CCNC(=O)Nc1nc2cc(-c3cccnc3)cc(C(CN(C)C)=NOC)n2n1. The second kappa shape index (κ2) is 9.11. The first-order chi connectivity index (χ1) is 14.0. The Kier molecular flexibility index (Phi) is 6.35. The van der Waals surface area contributed by atoms with Crippen molar-refractivity contribution in [3.8, 4) is 11.1 Å². The van der Waals surface area contributed by atoms with Crippen molar-refractivity contribution in [1.82, 2.24) is 29.8 Å². The average Bonchev–Trinajstić information content (AvgIpc) is 3.09. The zero-order valence-corrected chi connectivity index (χ0v) is 16.9. The summed E-state index contributed by atoms with van der Waals surface area (Å²) in [5.74, 6) is 0.196. The summed E-state index contributed by atoms with van der Waals surface area (Å²) in [5, 5.41) is 13.9. The molecule has 29 heavy (non-hydrogen) atoms. The number of likely N-dealkylation sites (N-methyl/N-ethyl adjacent to an activating group) is 1. The van der Waals surface area contributed by atoms with Gasteiger partial charge in [0, 0.05) is 31.0 Å². The van der Waals surface area contributed by atoms with E-state index in [1.54, 1.807) is 16.9 Å². The molecule has 10 heteroatoms. The van der Waals surface area contributed by atoms with E-state index in [9.17, 15) is 4.79 Å². The van der Waals surface area contributed by atoms with Crippen LogP contribution in [-0.2, 0) is 4.84 Å². The second-order valence-corrected chi connectivity index (χ2v) is 6.52. The highest BCUT2D eigenvalue weighted by molar-refractivity contribution is 6.02. The van der Waals surface area contributed by atoms with Gasteiger partial charge in [-0.3, -0.25) is 10.3 Å². The lowest BCUT2D eigenvalue weighted by atomic mass is 10.1. The Morgan fingerprint density at radius 3 is 2.79 bits per heavy atom. The van der Waals surface area contributed by atoms with Crippen molar-refractivity contribution in [3.05, 3.63) is 42.4 Å². The number of nitrogens with one attached hydrogen (secondary N) is 2. The summed E-state index contributed by atoms with van der Waals surface area (Å²) in [6.45, 7) is 2.87. The molecule has 0 fully saturated rings. The third-order valence-corrected chi connectivity index (χ3v) is 3.96. The second-order valence-electron chi connectivity index (χ2n) is 6.52. The van der Waals surface area contributed by atoms with E-state index in [4.69, 9.17) is 4.84 Å². The Morgan fingerprint density at radius 2 is 2.14 bits per heavy atom. The molecule has 0 radical (unpaired) electrons. The minimum atomic E-state index is -0.364. The number of carbonyl (C=O) groups excluding carboxylic acids is 1. The van der Waals surface area contributed by atoms with Crippen molar-refractivity contribution in [2.45, 2.75) is 6.92 Å². The Balaban J connectivity index is 2.15.